The highest BCUT2D eigenvalue weighted by atomic mass is 127. The number of halogens is 1. The van der Waals surface area contributed by atoms with Crippen LogP contribution in [0.3, 0.4) is 0 Å². The number of aromatic nitrogens is 1. The van der Waals surface area contributed by atoms with Crippen LogP contribution in [-0.2, 0) is 6.42 Å². The van der Waals surface area contributed by atoms with Crippen molar-refractivity contribution in [3.8, 4) is 0 Å². The average molecular weight is 325 g/mol. The van der Waals surface area contributed by atoms with Crippen LogP contribution in [-0.4, -0.2) is 10.1 Å². The molecule has 82 valence electrons. The Morgan fingerprint density at radius 1 is 1.12 bits per heavy atom. The topological polar surface area (TPSA) is 33.1 Å². The highest BCUT2D eigenvalue weighted by Crippen LogP contribution is 2.22. The summed E-state index contributed by atoms with van der Waals surface area (Å²) in [7, 11) is 0. The Labute approximate surface area is 108 Å². The molecule has 1 unspecified atom stereocenters. The summed E-state index contributed by atoms with van der Waals surface area (Å²) in [6.07, 6.45) is 1.82. The van der Waals surface area contributed by atoms with Crippen molar-refractivity contribution in [3.05, 3.63) is 63.5 Å². The van der Waals surface area contributed by atoms with E-state index in [9.17, 15) is 5.11 Å². The molecule has 2 aromatic rings. The van der Waals surface area contributed by atoms with Gasteiger partial charge in [-0.1, -0.05) is 24.3 Å². The molecule has 1 aromatic heterocycles. The largest absolute Gasteiger partial charge is 0.388 e. The van der Waals surface area contributed by atoms with Gasteiger partial charge in [0.15, 0.2) is 0 Å². The summed E-state index contributed by atoms with van der Waals surface area (Å²) in [6.45, 7) is 0. The minimum atomic E-state index is -0.483. The van der Waals surface area contributed by atoms with Crippen LogP contribution in [0.15, 0.2) is 48.7 Å². The van der Waals surface area contributed by atoms with Gasteiger partial charge in [0.1, 0.15) is 0 Å². The monoisotopic (exact) mass is 325 g/mol. The van der Waals surface area contributed by atoms with Crippen LogP contribution < -0.4 is 0 Å². The molecule has 0 spiro atoms. The number of pyridine rings is 1. The summed E-state index contributed by atoms with van der Waals surface area (Å²) < 4.78 is 1.09. The van der Waals surface area contributed by atoms with E-state index in [1.807, 2.05) is 42.5 Å². The molecule has 3 heteroatoms. The Balaban J connectivity index is 2.15. The summed E-state index contributed by atoms with van der Waals surface area (Å²) >= 11 is 2.24. The number of aliphatic hydroxyl groups is 1. The first kappa shape index (κ1) is 11.5. The first-order valence-corrected chi connectivity index (χ1v) is 6.17. The molecule has 16 heavy (non-hydrogen) atoms. The molecule has 0 saturated heterocycles. The predicted octanol–water partition coefficient (Wildman–Crippen LogP) is 2.96. The van der Waals surface area contributed by atoms with Crippen molar-refractivity contribution in [2.75, 3.05) is 0 Å². The van der Waals surface area contributed by atoms with Crippen LogP contribution in [0, 0.1) is 3.57 Å². The van der Waals surface area contributed by atoms with Crippen molar-refractivity contribution in [1.29, 1.82) is 0 Å². The Bertz CT molecular complexity index is 458. The van der Waals surface area contributed by atoms with Gasteiger partial charge in [-0.3, -0.25) is 4.98 Å². The SMILES string of the molecule is OC(Cc1ccccn1)c1ccccc1I. The fraction of sp³-hybridized carbons (Fsp3) is 0.154. The summed E-state index contributed by atoms with van der Waals surface area (Å²) in [4.78, 5) is 4.21. The van der Waals surface area contributed by atoms with Gasteiger partial charge in [0.2, 0.25) is 0 Å². The van der Waals surface area contributed by atoms with Crippen molar-refractivity contribution >= 4 is 22.6 Å². The molecule has 1 heterocycles. The molecule has 0 saturated carbocycles. The van der Waals surface area contributed by atoms with E-state index in [1.165, 1.54) is 0 Å². The molecule has 0 radical (unpaired) electrons. The first-order valence-electron chi connectivity index (χ1n) is 5.10. The summed E-state index contributed by atoms with van der Waals surface area (Å²) in [6, 6.07) is 13.6. The minimum Gasteiger partial charge on any atom is -0.388 e. The van der Waals surface area contributed by atoms with E-state index in [4.69, 9.17) is 0 Å². The van der Waals surface area contributed by atoms with E-state index in [1.54, 1.807) is 6.20 Å². The summed E-state index contributed by atoms with van der Waals surface area (Å²) in [5.74, 6) is 0. The molecule has 0 amide bonds. The Morgan fingerprint density at radius 2 is 1.88 bits per heavy atom. The highest BCUT2D eigenvalue weighted by Gasteiger charge is 2.11. The molecular weight excluding hydrogens is 313 g/mol. The standard InChI is InChI=1S/C13H12INO/c14-12-7-2-1-6-11(12)13(16)9-10-5-3-4-8-15-10/h1-8,13,16H,9H2. The number of aliphatic hydroxyl groups excluding tert-OH is 1. The summed E-state index contributed by atoms with van der Waals surface area (Å²) in [5.41, 5.74) is 1.88. The fourth-order valence-corrected chi connectivity index (χ4v) is 2.32. The number of hydrogen-bond acceptors (Lipinski definition) is 2. The molecular formula is C13H12INO. The zero-order chi connectivity index (χ0) is 11.4. The molecule has 0 aliphatic carbocycles. The van der Waals surface area contributed by atoms with Gasteiger partial charge < -0.3 is 5.11 Å². The van der Waals surface area contributed by atoms with Crippen molar-refractivity contribution in [2.45, 2.75) is 12.5 Å². The van der Waals surface area contributed by atoms with Crippen molar-refractivity contribution in [1.82, 2.24) is 4.98 Å². The maximum atomic E-state index is 10.1. The first-order chi connectivity index (χ1) is 7.77. The minimum absolute atomic E-state index is 0.483. The lowest BCUT2D eigenvalue weighted by atomic mass is 10.0. The molecule has 1 N–H and O–H groups in total. The highest BCUT2D eigenvalue weighted by molar-refractivity contribution is 14.1. The quantitative estimate of drug-likeness (QED) is 0.880. The molecule has 0 aliphatic heterocycles. The Hall–Kier alpha value is -0.940. The number of benzene rings is 1. The van der Waals surface area contributed by atoms with Crippen LogP contribution in [0.2, 0.25) is 0 Å². The van der Waals surface area contributed by atoms with Crippen LogP contribution in [0.1, 0.15) is 17.4 Å². The van der Waals surface area contributed by atoms with Gasteiger partial charge in [-0.2, -0.15) is 0 Å². The van der Waals surface area contributed by atoms with Crippen molar-refractivity contribution < 1.29 is 5.11 Å². The smallest absolute Gasteiger partial charge is 0.0855 e. The molecule has 2 rings (SSSR count). The fourth-order valence-electron chi connectivity index (χ4n) is 1.57. The molecule has 1 aromatic carbocycles. The van der Waals surface area contributed by atoms with E-state index in [-0.39, 0.29) is 0 Å². The third-order valence-corrected chi connectivity index (χ3v) is 3.38. The van der Waals surface area contributed by atoms with Crippen LogP contribution in [0.4, 0.5) is 0 Å². The van der Waals surface area contributed by atoms with Gasteiger partial charge in [0, 0.05) is 21.9 Å². The number of nitrogens with zero attached hydrogens (tertiary/aromatic N) is 1. The van der Waals surface area contributed by atoms with Gasteiger partial charge in [-0.15, -0.1) is 0 Å². The van der Waals surface area contributed by atoms with Gasteiger partial charge in [-0.05, 0) is 46.4 Å². The summed E-state index contributed by atoms with van der Waals surface area (Å²) in [5, 5.41) is 10.1. The molecule has 1 atom stereocenters. The van der Waals surface area contributed by atoms with E-state index in [0.717, 1.165) is 14.8 Å². The van der Waals surface area contributed by atoms with E-state index in [2.05, 4.69) is 27.6 Å². The Kier molecular flexibility index (Phi) is 3.90. The van der Waals surface area contributed by atoms with E-state index < -0.39 is 6.10 Å². The molecule has 0 aliphatic rings. The van der Waals surface area contributed by atoms with Crippen LogP contribution >= 0.6 is 22.6 Å². The second kappa shape index (κ2) is 5.41. The van der Waals surface area contributed by atoms with Gasteiger partial charge in [0.05, 0.1) is 6.10 Å². The van der Waals surface area contributed by atoms with Crippen molar-refractivity contribution in [3.63, 3.8) is 0 Å². The average Bonchev–Trinajstić information content (AvgIpc) is 2.31. The third-order valence-electron chi connectivity index (χ3n) is 2.39. The number of hydrogen-bond donors (Lipinski definition) is 1. The van der Waals surface area contributed by atoms with Crippen LogP contribution in [0.25, 0.3) is 0 Å². The second-order valence-corrected chi connectivity index (χ2v) is 4.72. The predicted molar refractivity (Wildman–Crippen MR) is 72.1 cm³/mol. The maximum Gasteiger partial charge on any atom is 0.0855 e. The van der Waals surface area contributed by atoms with Gasteiger partial charge in [0.25, 0.3) is 0 Å². The van der Waals surface area contributed by atoms with Crippen molar-refractivity contribution in [2.24, 2.45) is 0 Å². The maximum absolute atomic E-state index is 10.1. The van der Waals surface area contributed by atoms with E-state index >= 15 is 0 Å². The zero-order valence-corrected chi connectivity index (χ0v) is 10.8. The number of rotatable bonds is 3. The molecule has 0 fully saturated rings. The van der Waals surface area contributed by atoms with Crippen LogP contribution in [0.5, 0.6) is 0 Å². The lowest BCUT2D eigenvalue weighted by Gasteiger charge is -2.12. The Morgan fingerprint density at radius 3 is 2.56 bits per heavy atom. The molecule has 2 nitrogen and oxygen atoms in total. The second-order valence-electron chi connectivity index (χ2n) is 3.56. The lowest BCUT2D eigenvalue weighted by molar-refractivity contribution is 0.176. The van der Waals surface area contributed by atoms with Gasteiger partial charge >= 0.3 is 0 Å². The lowest BCUT2D eigenvalue weighted by Crippen LogP contribution is -2.04. The normalized spacial score (nSPS) is 12.4. The van der Waals surface area contributed by atoms with Gasteiger partial charge in [-0.25, -0.2) is 0 Å². The molecule has 0 bridgehead atoms. The third kappa shape index (κ3) is 2.80. The zero-order valence-electron chi connectivity index (χ0n) is 8.68. The van der Waals surface area contributed by atoms with E-state index in [0.29, 0.717) is 6.42 Å².